The molecule has 0 amide bonds. The molecule has 1 heterocycles. The Balaban J connectivity index is 1.67. The second-order valence-electron chi connectivity index (χ2n) is 6.06. The molecule has 0 bridgehead atoms. The van der Waals surface area contributed by atoms with Gasteiger partial charge >= 0.3 is 0 Å². The number of nitrogens with zero attached hydrogens (tertiary/aromatic N) is 1. The van der Waals surface area contributed by atoms with Crippen molar-refractivity contribution in [1.82, 2.24) is 10.3 Å². The third-order valence-corrected chi connectivity index (χ3v) is 4.91. The molecule has 7 heteroatoms. The fraction of sp³-hybridized carbons (Fsp3) is 0.190. The van der Waals surface area contributed by atoms with Gasteiger partial charge in [0.25, 0.3) is 0 Å². The number of methoxy groups -OCH3 is 1. The molecule has 3 aromatic rings. The van der Waals surface area contributed by atoms with E-state index in [9.17, 15) is 0 Å². The zero-order valence-electron chi connectivity index (χ0n) is 15.2. The number of rotatable bonds is 8. The van der Waals surface area contributed by atoms with Gasteiger partial charge in [-0.15, -0.1) is 0 Å². The van der Waals surface area contributed by atoms with E-state index < -0.39 is 0 Å². The minimum absolute atomic E-state index is 0.253. The molecule has 0 saturated carbocycles. The van der Waals surface area contributed by atoms with Gasteiger partial charge in [0, 0.05) is 34.9 Å². The summed E-state index contributed by atoms with van der Waals surface area (Å²) < 4.78 is 11.3. The van der Waals surface area contributed by atoms with E-state index in [2.05, 4.69) is 10.3 Å². The first-order chi connectivity index (χ1) is 13.6. The van der Waals surface area contributed by atoms with Crippen molar-refractivity contribution in [3.8, 4) is 11.5 Å². The van der Waals surface area contributed by atoms with Gasteiger partial charge in [-0.05, 0) is 42.0 Å². The monoisotopic (exact) mass is 436 g/mol. The maximum absolute atomic E-state index is 6.44. The van der Waals surface area contributed by atoms with Crippen LogP contribution in [0.1, 0.15) is 16.8 Å². The molecule has 0 fully saturated rings. The molecule has 4 nitrogen and oxygen atoms in total. The highest BCUT2D eigenvalue weighted by molar-refractivity contribution is 6.35. The van der Waals surface area contributed by atoms with Gasteiger partial charge in [0.2, 0.25) is 0 Å². The molecule has 3 rings (SSSR count). The van der Waals surface area contributed by atoms with E-state index in [-0.39, 0.29) is 6.61 Å². The molecule has 0 atom stereocenters. The average molecular weight is 438 g/mol. The van der Waals surface area contributed by atoms with Crippen molar-refractivity contribution in [2.24, 2.45) is 0 Å². The molecule has 1 N–H and O–H groups in total. The van der Waals surface area contributed by atoms with Gasteiger partial charge in [-0.3, -0.25) is 4.98 Å². The van der Waals surface area contributed by atoms with Crippen molar-refractivity contribution < 1.29 is 9.47 Å². The van der Waals surface area contributed by atoms with Gasteiger partial charge in [0.15, 0.2) is 11.5 Å². The molecule has 0 aliphatic rings. The van der Waals surface area contributed by atoms with Crippen molar-refractivity contribution in [3.63, 3.8) is 0 Å². The van der Waals surface area contributed by atoms with E-state index in [1.807, 2.05) is 36.4 Å². The fourth-order valence-corrected chi connectivity index (χ4v) is 3.39. The zero-order chi connectivity index (χ0) is 19.9. The first-order valence-electron chi connectivity index (χ1n) is 8.60. The predicted molar refractivity (Wildman–Crippen MR) is 114 cm³/mol. The lowest BCUT2D eigenvalue weighted by Gasteiger charge is -2.15. The maximum atomic E-state index is 6.44. The fourth-order valence-electron chi connectivity index (χ4n) is 2.64. The van der Waals surface area contributed by atoms with Crippen LogP contribution in [-0.2, 0) is 19.7 Å². The Morgan fingerprint density at radius 2 is 1.82 bits per heavy atom. The molecule has 146 valence electrons. The van der Waals surface area contributed by atoms with Crippen LogP contribution in [0, 0.1) is 0 Å². The summed E-state index contributed by atoms with van der Waals surface area (Å²) in [5.41, 5.74) is 2.76. The topological polar surface area (TPSA) is 43.4 Å². The van der Waals surface area contributed by atoms with E-state index in [4.69, 9.17) is 44.3 Å². The van der Waals surface area contributed by atoms with Crippen LogP contribution in [-0.4, -0.2) is 12.1 Å². The maximum Gasteiger partial charge on any atom is 0.180 e. The van der Waals surface area contributed by atoms with E-state index >= 15 is 0 Å². The lowest BCUT2D eigenvalue weighted by atomic mass is 10.2. The molecule has 28 heavy (non-hydrogen) atoms. The number of pyridine rings is 1. The van der Waals surface area contributed by atoms with E-state index in [1.165, 1.54) is 0 Å². The summed E-state index contributed by atoms with van der Waals surface area (Å²) in [6, 6.07) is 14.8. The summed E-state index contributed by atoms with van der Waals surface area (Å²) in [4.78, 5) is 4.29. The highest BCUT2D eigenvalue weighted by Gasteiger charge is 2.13. The summed E-state index contributed by atoms with van der Waals surface area (Å²) in [6.45, 7) is 1.54. The predicted octanol–water partition coefficient (Wildman–Crippen LogP) is 5.92. The molecule has 0 aliphatic carbocycles. The first-order valence-corrected chi connectivity index (χ1v) is 9.74. The highest BCUT2D eigenvalue weighted by Crippen LogP contribution is 2.37. The summed E-state index contributed by atoms with van der Waals surface area (Å²) in [5.74, 6) is 1.04. The number of hydrogen-bond donors (Lipinski definition) is 1. The molecule has 0 saturated heterocycles. The molecule has 1 aromatic heterocycles. The average Bonchev–Trinajstić information content (AvgIpc) is 2.69. The summed E-state index contributed by atoms with van der Waals surface area (Å²) in [7, 11) is 1.58. The van der Waals surface area contributed by atoms with Gasteiger partial charge in [0.05, 0.1) is 17.8 Å². The minimum atomic E-state index is 0.253. The van der Waals surface area contributed by atoms with Crippen LogP contribution >= 0.6 is 34.8 Å². The Morgan fingerprint density at radius 1 is 0.964 bits per heavy atom. The number of halogens is 3. The van der Waals surface area contributed by atoms with Gasteiger partial charge in [-0.2, -0.15) is 0 Å². The summed E-state index contributed by atoms with van der Waals surface area (Å²) in [6.07, 6.45) is 1.77. The van der Waals surface area contributed by atoms with E-state index in [0.717, 1.165) is 16.8 Å². The molecule has 2 aromatic carbocycles. The van der Waals surface area contributed by atoms with Crippen LogP contribution in [0.2, 0.25) is 15.1 Å². The molecular weight excluding hydrogens is 419 g/mol. The van der Waals surface area contributed by atoms with Crippen LogP contribution in [0.5, 0.6) is 11.5 Å². The van der Waals surface area contributed by atoms with Crippen molar-refractivity contribution >= 4 is 34.8 Å². The number of ether oxygens (including phenoxy) is 2. The molecular formula is C21H19Cl3N2O2. The third kappa shape index (κ3) is 5.52. The normalized spacial score (nSPS) is 10.7. The van der Waals surface area contributed by atoms with Crippen molar-refractivity contribution in [2.75, 3.05) is 7.11 Å². The molecule has 0 spiro atoms. The van der Waals surface area contributed by atoms with Gasteiger partial charge in [-0.25, -0.2) is 0 Å². The number of aromatic nitrogens is 1. The Kier molecular flexibility index (Phi) is 7.40. The van der Waals surface area contributed by atoms with Crippen LogP contribution in [0.25, 0.3) is 0 Å². The van der Waals surface area contributed by atoms with Crippen LogP contribution in [0.3, 0.4) is 0 Å². The SMILES string of the molecule is COc1cc(CNCc2ccccn2)cc(Cl)c1OCc1ccc(Cl)cc1Cl. The van der Waals surface area contributed by atoms with Gasteiger partial charge < -0.3 is 14.8 Å². The second kappa shape index (κ2) is 9.99. The van der Waals surface area contributed by atoms with E-state index in [0.29, 0.717) is 39.7 Å². The van der Waals surface area contributed by atoms with Gasteiger partial charge in [-0.1, -0.05) is 46.9 Å². The van der Waals surface area contributed by atoms with Crippen molar-refractivity contribution in [1.29, 1.82) is 0 Å². The summed E-state index contributed by atoms with van der Waals surface area (Å²) in [5, 5.41) is 4.93. The largest absolute Gasteiger partial charge is 0.493 e. The smallest absolute Gasteiger partial charge is 0.180 e. The minimum Gasteiger partial charge on any atom is -0.493 e. The van der Waals surface area contributed by atoms with Crippen LogP contribution in [0.15, 0.2) is 54.7 Å². The van der Waals surface area contributed by atoms with E-state index in [1.54, 1.807) is 25.4 Å². The zero-order valence-corrected chi connectivity index (χ0v) is 17.5. The lowest BCUT2D eigenvalue weighted by molar-refractivity contribution is 0.284. The van der Waals surface area contributed by atoms with Crippen LogP contribution < -0.4 is 14.8 Å². The second-order valence-corrected chi connectivity index (χ2v) is 7.31. The quantitative estimate of drug-likeness (QED) is 0.475. The lowest BCUT2D eigenvalue weighted by Crippen LogP contribution is -2.13. The Hall–Kier alpha value is -1.98. The van der Waals surface area contributed by atoms with Crippen LogP contribution in [0.4, 0.5) is 0 Å². The molecule has 0 radical (unpaired) electrons. The Labute approximate surface area is 179 Å². The van der Waals surface area contributed by atoms with Crippen molar-refractivity contribution in [2.45, 2.75) is 19.7 Å². The summed E-state index contributed by atoms with van der Waals surface area (Å²) >= 11 is 18.6. The first kappa shape index (κ1) is 20.7. The Morgan fingerprint density at radius 3 is 2.54 bits per heavy atom. The van der Waals surface area contributed by atoms with Gasteiger partial charge in [0.1, 0.15) is 6.61 Å². The highest BCUT2D eigenvalue weighted by atomic mass is 35.5. The number of benzene rings is 2. The third-order valence-electron chi connectivity index (χ3n) is 4.04. The Bertz CT molecular complexity index is 936. The molecule has 0 aliphatic heterocycles. The molecule has 0 unspecified atom stereocenters. The van der Waals surface area contributed by atoms with Crippen molar-refractivity contribution in [3.05, 3.63) is 86.6 Å². The standard InChI is InChI=1S/C21H19Cl3N2O2/c1-27-20-9-14(11-25-12-17-4-2-3-7-26-17)8-19(24)21(20)28-13-15-5-6-16(22)10-18(15)23/h2-10,25H,11-13H2,1H3. The number of nitrogens with one attached hydrogen (secondary N) is 1. The number of hydrogen-bond acceptors (Lipinski definition) is 4.